The fraction of sp³-hybridized carbons (Fsp3) is 0.538. The highest BCUT2D eigenvalue weighted by atomic mass is 32.2. The number of nitrogens with zero attached hydrogens (tertiary/aromatic N) is 1. The van der Waals surface area contributed by atoms with Gasteiger partial charge < -0.3 is 10.1 Å². The molecule has 0 radical (unpaired) electrons. The van der Waals surface area contributed by atoms with E-state index in [4.69, 9.17) is 4.74 Å². The minimum atomic E-state index is -3.40. The van der Waals surface area contributed by atoms with Crippen LogP contribution in [0.4, 0.5) is 5.69 Å². The lowest BCUT2D eigenvalue weighted by Crippen LogP contribution is -2.48. The lowest BCUT2D eigenvalue weighted by molar-refractivity contribution is 0.0862. The summed E-state index contributed by atoms with van der Waals surface area (Å²) >= 11 is 0. The van der Waals surface area contributed by atoms with Crippen LogP contribution in [0.2, 0.25) is 0 Å². The molecule has 0 saturated carbocycles. The molecule has 3 rings (SSSR count). The number of methoxy groups -OCH3 is 1. The van der Waals surface area contributed by atoms with Gasteiger partial charge in [-0.05, 0) is 25.1 Å². The first-order valence-corrected chi connectivity index (χ1v) is 7.87. The molecule has 2 aliphatic heterocycles. The van der Waals surface area contributed by atoms with Crippen LogP contribution in [0.5, 0.6) is 0 Å². The van der Waals surface area contributed by atoms with Crippen LogP contribution in [0.3, 0.4) is 0 Å². The van der Waals surface area contributed by atoms with Crippen LogP contribution in [0.1, 0.15) is 6.42 Å². The summed E-state index contributed by atoms with van der Waals surface area (Å²) in [5, 5.41) is 3.16. The van der Waals surface area contributed by atoms with Crippen molar-refractivity contribution in [1.82, 2.24) is 5.32 Å². The number of hydrogen-bond acceptors (Lipinski definition) is 4. The molecule has 2 atom stereocenters. The maximum Gasteiger partial charge on any atom is 0.244 e. The molecule has 0 aromatic heterocycles. The number of rotatable bonds is 2. The second kappa shape index (κ2) is 4.47. The molecular weight excluding hydrogens is 264 g/mol. The first kappa shape index (κ1) is 12.9. The van der Waals surface area contributed by atoms with Crippen molar-refractivity contribution in [3.8, 4) is 0 Å². The molecule has 2 aliphatic rings. The Kier molecular flexibility index (Phi) is 3.03. The smallest absolute Gasteiger partial charge is 0.244 e. The van der Waals surface area contributed by atoms with E-state index in [2.05, 4.69) is 5.32 Å². The largest absolute Gasteiger partial charge is 0.378 e. The summed E-state index contributed by atoms with van der Waals surface area (Å²) < 4.78 is 31.9. The summed E-state index contributed by atoms with van der Waals surface area (Å²) in [6.45, 7) is 1.59. The molecule has 6 heteroatoms. The quantitative estimate of drug-likeness (QED) is 0.862. The van der Waals surface area contributed by atoms with Crippen molar-refractivity contribution < 1.29 is 13.2 Å². The highest BCUT2D eigenvalue weighted by Crippen LogP contribution is 2.41. The van der Waals surface area contributed by atoms with Gasteiger partial charge in [0.15, 0.2) is 0 Å². The third-order valence-electron chi connectivity index (χ3n) is 4.20. The topological polar surface area (TPSA) is 58.6 Å². The maximum atomic E-state index is 12.9. The average Bonchev–Trinajstić information content (AvgIpc) is 2.98. The number of benzene rings is 1. The van der Waals surface area contributed by atoms with Crippen LogP contribution < -0.4 is 9.62 Å². The number of hydrogen-bond donors (Lipinski definition) is 1. The maximum absolute atomic E-state index is 12.9. The summed E-state index contributed by atoms with van der Waals surface area (Å²) in [5.74, 6) is 0. The van der Waals surface area contributed by atoms with E-state index in [1.807, 2.05) is 30.3 Å². The van der Waals surface area contributed by atoms with Crippen molar-refractivity contribution in [3.05, 3.63) is 30.3 Å². The Balaban J connectivity index is 2.06. The molecule has 0 aliphatic carbocycles. The second-order valence-electron chi connectivity index (χ2n) is 5.09. The molecule has 1 spiro atoms. The van der Waals surface area contributed by atoms with E-state index in [0.29, 0.717) is 25.2 Å². The molecule has 2 saturated heterocycles. The van der Waals surface area contributed by atoms with Crippen molar-refractivity contribution in [2.75, 3.05) is 31.0 Å². The molecule has 1 aromatic carbocycles. The van der Waals surface area contributed by atoms with Crippen molar-refractivity contribution in [2.45, 2.75) is 17.3 Å². The van der Waals surface area contributed by atoms with E-state index in [1.165, 1.54) is 4.31 Å². The highest BCUT2D eigenvalue weighted by Gasteiger charge is 2.60. The van der Waals surface area contributed by atoms with Crippen LogP contribution in [0.25, 0.3) is 0 Å². The van der Waals surface area contributed by atoms with Gasteiger partial charge in [-0.2, -0.15) is 0 Å². The van der Waals surface area contributed by atoms with Gasteiger partial charge in [-0.1, -0.05) is 18.2 Å². The Morgan fingerprint density at radius 1 is 1.37 bits per heavy atom. The number of ether oxygens (including phenoxy) is 1. The summed E-state index contributed by atoms with van der Waals surface area (Å²) in [5.41, 5.74) is 0.716. The zero-order valence-corrected chi connectivity index (χ0v) is 11.7. The molecule has 0 bridgehead atoms. The minimum absolute atomic E-state index is 0.285. The molecule has 0 amide bonds. The first-order chi connectivity index (χ1) is 9.12. The summed E-state index contributed by atoms with van der Waals surface area (Å²) in [4.78, 5) is 0. The molecule has 0 unspecified atom stereocenters. The minimum Gasteiger partial charge on any atom is -0.378 e. The Hall–Kier alpha value is -1.11. The number of sulfonamides is 1. The highest BCUT2D eigenvalue weighted by molar-refractivity contribution is 7.94. The Bertz CT molecular complexity index is 553. The third kappa shape index (κ3) is 1.70. The normalized spacial score (nSPS) is 33.1. The van der Waals surface area contributed by atoms with Crippen LogP contribution in [-0.2, 0) is 14.8 Å². The van der Waals surface area contributed by atoms with Gasteiger partial charge in [0.05, 0.1) is 18.3 Å². The van der Waals surface area contributed by atoms with Gasteiger partial charge in [0.1, 0.15) is 4.75 Å². The fourth-order valence-corrected chi connectivity index (χ4v) is 5.43. The number of para-hydroxylation sites is 1. The first-order valence-electron chi connectivity index (χ1n) is 6.43. The Morgan fingerprint density at radius 2 is 2.11 bits per heavy atom. The summed E-state index contributed by atoms with van der Waals surface area (Å²) in [6.07, 6.45) is 0.324. The molecule has 1 N–H and O–H groups in total. The van der Waals surface area contributed by atoms with E-state index in [9.17, 15) is 8.42 Å². The predicted molar refractivity (Wildman–Crippen MR) is 73.7 cm³/mol. The average molecular weight is 282 g/mol. The molecular formula is C13H18N2O3S. The van der Waals surface area contributed by atoms with Gasteiger partial charge in [-0.3, -0.25) is 4.31 Å². The molecule has 2 fully saturated rings. The third-order valence-corrected chi connectivity index (χ3v) is 6.78. The molecule has 1 aromatic rings. The lowest BCUT2D eigenvalue weighted by atomic mass is 10.0. The zero-order valence-electron chi connectivity index (χ0n) is 10.9. The van der Waals surface area contributed by atoms with Crippen molar-refractivity contribution in [2.24, 2.45) is 0 Å². The van der Waals surface area contributed by atoms with Gasteiger partial charge in [-0.25, -0.2) is 8.42 Å². The Labute approximate surface area is 113 Å². The fourth-order valence-electron chi connectivity index (χ4n) is 3.11. The van der Waals surface area contributed by atoms with E-state index < -0.39 is 14.8 Å². The number of nitrogens with one attached hydrogen (secondary N) is 1. The van der Waals surface area contributed by atoms with Crippen molar-refractivity contribution in [1.29, 1.82) is 0 Å². The van der Waals surface area contributed by atoms with Crippen LogP contribution in [-0.4, -0.2) is 46.0 Å². The van der Waals surface area contributed by atoms with E-state index in [0.717, 1.165) is 6.54 Å². The second-order valence-corrected chi connectivity index (χ2v) is 7.29. The SMILES string of the molecule is CO[C@@H]1CN(c2ccccc2)S(=O)(=O)[C@@]12CCNC2. The van der Waals surface area contributed by atoms with Gasteiger partial charge in [-0.15, -0.1) is 0 Å². The molecule has 19 heavy (non-hydrogen) atoms. The van der Waals surface area contributed by atoms with Gasteiger partial charge >= 0.3 is 0 Å². The van der Waals surface area contributed by atoms with Gasteiger partial charge in [0.2, 0.25) is 10.0 Å². The lowest BCUT2D eigenvalue weighted by Gasteiger charge is -2.27. The van der Waals surface area contributed by atoms with Gasteiger partial charge in [0.25, 0.3) is 0 Å². The van der Waals surface area contributed by atoms with E-state index in [-0.39, 0.29) is 6.10 Å². The zero-order chi connectivity index (χ0) is 13.5. The van der Waals surface area contributed by atoms with E-state index in [1.54, 1.807) is 7.11 Å². The molecule has 2 heterocycles. The van der Waals surface area contributed by atoms with Crippen LogP contribution in [0.15, 0.2) is 30.3 Å². The van der Waals surface area contributed by atoms with Crippen LogP contribution in [0, 0.1) is 0 Å². The molecule has 5 nitrogen and oxygen atoms in total. The summed E-state index contributed by atoms with van der Waals surface area (Å²) in [6, 6.07) is 9.24. The van der Waals surface area contributed by atoms with Crippen molar-refractivity contribution in [3.63, 3.8) is 0 Å². The molecule has 104 valence electrons. The number of anilines is 1. The van der Waals surface area contributed by atoms with Crippen molar-refractivity contribution >= 4 is 15.7 Å². The van der Waals surface area contributed by atoms with Gasteiger partial charge in [0, 0.05) is 13.7 Å². The predicted octanol–water partition coefficient (Wildman–Crippen LogP) is 0.583. The summed E-state index contributed by atoms with van der Waals surface area (Å²) in [7, 11) is -1.80. The van der Waals surface area contributed by atoms with E-state index >= 15 is 0 Å². The van der Waals surface area contributed by atoms with Crippen LogP contribution >= 0.6 is 0 Å². The monoisotopic (exact) mass is 282 g/mol. The standard InChI is InChI=1S/C13H18N2O3S/c1-18-12-9-15(11-5-3-2-4-6-11)19(16,17)13(12)7-8-14-10-13/h2-6,12,14H,7-10H2,1H3/t12-,13-/m1/s1. The Morgan fingerprint density at radius 3 is 2.68 bits per heavy atom.